The summed E-state index contributed by atoms with van der Waals surface area (Å²) in [5, 5.41) is 5.04. The van der Waals surface area contributed by atoms with Crippen molar-refractivity contribution in [2.45, 2.75) is 51.7 Å². The lowest BCUT2D eigenvalue weighted by Crippen LogP contribution is -2.24. The number of amides is 1. The number of hydrogen-bond donors (Lipinski definition) is 1. The van der Waals surface area contributed by atoms with Gasteiger partial charge in [-0.2, -0.15) is 13.2 Å². The van der Waals surface area contributed by atoms with Crippen LogP contribution in [0.2, 0.25) is 0 Å². The quantitative estimate of drug-likeness (QED) is 0.924. The van der Waals surface area contributed by atoms with Gasteiger partial charge in [0.05, 0.1) is 18.7 Å². The summed E-state index contributed by atoms with van der Waals surface area (Å²) in [5.74, 6) is -0.607. The van der Waals surface area contributed by atoms with Gasteiger partial charge in [0, 0.05) is 17.2 Å². The zero-order chi connectivity index (χ0) is 14.7. The molecule has 0 atom stereocenters. The van der Waals surface area contributed by atoms with Crippen LogP contribution in [0, 0.1) is 0 Å². The standard InChI is InChI=1S/C12H17F3N2OS/c1-11(2,3)8-7-19-10(17-8)6-16-9(18)4-5-12(13,14)15/h7H,4-6H2,1-3H3,(H,16,18). The van der Waals surface area contributed by atoms with Crippen LogP contribution in [0.15, 0.2) is 5.38 Å². The van der Waals surface area contributed by atoms with Crippen molar-refractivity contribution >= 4 is 17.2 Å². The molecule has 1 rings (SSSR count). The van der Waals surface area contributed by atoms with Crippen molar-refractivity contribution in [2.24, 2.45) is 0 Å². The molecule has 0 aliphatic rings. The molecule has 0 saturated heterocycles. The van der Waals surface area contributed by atoms with E-state index in [9.17, 15) is 18.0 Å². The van der Waals surface area contributed by atoms with Crippen molar-refractivity contribution in [3.05, 3.63) is 16.1 Å². The number of aromatic nitrogens is 1. The first kappa shape index (κ1) is 15.9. The van der Waals surface area contributed by atoms with Crippen LogP contribution in [0.5, 0.6) is 0 Å². The average molecular weight is 294 g/mol. The highest BCUT2D eigenvalue weighted by molar-refractivity contribution is 7.09. The van der Waals surface area contributed by atoms with Gasteiger partial charge in [0.2, 0.25) is 5.91 Å². The Labute approximate surface area is 114 Å². The van der Waals surface area contributed by atoms with Crippen LogP contribution in [0.25, 0.3) is 0 Å². The first-order valence-electron chi connectivity index (χ1n) is 5.86. The number of alkyl halides is 3. The maximum Gasteiger partial charge on any atom is 0.389 e. The van der Waals surface area contributed by atoms with Gasteiger partial charge in [0.1, 0.15) is 5.01 Å². The molecule has 108 valence electrons. The molecule has 0 saturated carbocycles. The molecule has 1 aromatic rings. The molecule has 1 heterocycles. The molecule has 0 aliphatic heterocycles. The number of halogens is 3. The fraction of sp³-hybridized carbons (Fsp3) is 0.667. The minimum absolute atomic E-state index is 0.0744. The van der Waals surface area contributed by atoms with E-state index in [0.29, 0.717) is 5.01 Å². The molecule has 0 aliphatic carbocycles. The Morgan fingerprint density at radius 2 is 2.00 bits per heavy atom. The van der Waals surface area contributed by atoms with Gasteiger partial charge in [-0.1, -0.05) is 20.8 Å². The van der Waals surface area contributed by atoms with Crippen LogP contribution >= 0.6 is 11.3 Å². The van der Waals surface area contributed by atoms with Crippen LogP contribution in [0.1, 0.15) is 44.3 Å². The third-order valence-electron chi connectivity index (χ3n) is 2.39. The maximum atomic E-state index is 11.9. The molecule has 1 amide bonds. The van der Waals surface area contributed by atoms with E-state index in [1.807, 2.05) is 26.2 Å². The first-order chi connectivity index (χ1) is 8.58. The number of thiazole rings is 1. The molecule has 0 fully saturated rings. The molecule has 19 heavy (non-hydrogen) atoms. The Balaban J connectivity index is 2.41. The molecular formula is C12H17F3N2OS. The summed E-state index contributed by atoms with van der Waals surface area (Å²) < 4.78 is 35.8. The summed E-state index contributed by atoms with van der Waals surface area (Å²) in [6.45, 7) is 6.24. The van der Waals surface area contributed by atoms with Crippen molar-refractivity contribution in [3.63, 3.8) is 0 Å². The third kappa shape index (κ3) is 6.04. The van der Waals surface area contributed by atoms with Crippen LogP contribution in [0.4, 0.5) is 13.2 Å². The lowest BCUT2D eigenvalue weighted by molar-refractivity contribution is -0.144. The third-order valence-corrected chi connectivity index (χ3v) is 3.24. The van der Waals surface area contributed by atoms with Crippen LogP contribution in [0.3, 0.4) is 0 Å². The molecule has 1 aromatic heterocycles. The van der Waals surface area contributed by atoms with E-state index >= 15 is 0 Å². The summed E-state index contributed by atoms with van der Waals surface area (Å²) in [6, 6.07) is 0. The zero-order valence-corrected chi connectivity index (χ0v) is 11.9. The number of nitrogens with zero attached hydrogens (tertiary/aromatic N) is 1. The molecule has 0 aromatic carbocycles. The lowest BCUT2D eigenvalue weighted by atomic mass is 9.93. The molecule has 3 nitrogen and oxygen atoms in total. The Bertz CT molecular complexity index is 435. The number of carbonyl (C=O) groups is 1. The molecule has 0 bridgehead atoms. The van der Waals surface area contributed by atoms with Gasteiger partial charge in [0.25, 0.3) is 0 Å². The Kier molecular flexibility index (Phi) is 4.95. The van der Waals surface area contributed by atoms with E-state index in [1.165, 1.54) is 11.3 Å². The molecule has 1 N–H and O–H groups in total. The van der Waals surface area contributed by atoms with E-state index in [1.54, 1.807) is 0 Å². The van der Waals surface area contributed by atoms with Gasteiger partial charge >= 0.3 is 6.18 Å². The normalized spacial score (nSPS) is 12.5. The minimum atomic E-state index is -4.29. The van der Waals surface area contributed by atoms with Crippen molar-refractivity contribution in [1.82, 2.24) is 10.3 Å². The molecule has 0 spiro atoms. The van der Waals surface area contributed by atoms with Gasteiger partial charge < -0.3 is 5.32 Å². The first-order valence-corrected chi connectivity index (χ1v) is 6.74. The van der Waals surface area contributed by atoms with Crippen LogP contribution in [-0.2, 0) is 16.8 Å². The van der Waals surface area contributed by atoms with Crippen molar-refractivity contribution in [1.29, 1.82) is 0 Å². The van der Waals surface area contributed by atoms with E-state index in [-0.39, 0.29) is 12.0 Å². The maximum absolute atomic E-state index is 11.9. The van der Waals surface area contributed by atoms with Crippen molar-refractivity contribution in [3.8, 4) is 0 Å². The molecule has 0 radical (unpaired) electrons. The van der Waals surface area contributed by atoms with E-state index in [2.05, 4.69) is 10.3 Å². The van der Waals surface area contributed by atoms with E-state index in [0.717, 1.165) is 5.69 Å². The SMILES string of the molecule is CC(C)(C)c1csc(CNC(=O)CCC(F)(F)F)n1. The van der Waals surface area contributed by atoms with Gasteiger partial charge in [-0.25, -0.2) is 4.98 Å². The van der Waals surface area contributed by atoms with Gasteiger partial charge in [-0.15, -0.1) is 11.3 Å². The predicted octanol–water partition coefficient (Wildman–Crippen LogP) is 3.40. The largest absolute Gasteiger partial charge is 0.389 e. The molecule has 7 heteroatoms. The highest BCUT2D eigenvalue weighted by atomic mass is 32.1. The Hall–Kier alpha value is -1.11. The van der Waals surface area contributed by atoms with E-state index in [4.69, 9.17) is 0 Å². The second-order valence-electron chi connectivity index (χ2n) is 5.27. The summed E-state index contributed by atoms with van der Waals surface area (Å²) in [5.41, 5.74) is 0.840. The highest BCUT2D eigenvalue weighted by Crippen LogP contribution is 2.24. The predicted molar refractivity (Wildman–Crippen MR) is 67.9 cm³/mol. The molecular weight excluding hydrogens is 277 g/mol. The van der Waals surface area contributed by atoms with Gasteiger partial charge in [-0.3, -0.25) is 4.79 Å². The Morgan fingerprint density at radius 3 is 2.47 bits per heavy atom. The second kappa shape index (κ2) is 5.90. The van der Waals surface area contributed by atoms with E-state index < -0.39 is 24.9 Å². The zero-order valence-electron chi connectivity index (χ0n) is 11.1. The second-order valence-corrected chi connectivity index (χ2v) is 6.21. The fourth-order valence-electron chi connectivity index (χ4n) is 1.25. The summed E-state index contributed by atoms with van der Waals surface area (Å²) in [7, 11) is 0. The summed E-state index contributed by atoms with van der Waals surface area (Å²) in [6.07, 6.45) is -5.93. The lowest BCUT2D eigenvalue weighted by Gasteiger charge is -2.14. The van der Waals surface area contributed by atoms with Crippen molar-refractivity contribution in [2.75, 3.05) is 0 Å². The molecule has 0 unspecified atom stereocenters. The van der Waals surface area contributed by atoms with Crippen LogP contribution in [-0.4, -0.2) is 17.1 Å². The number of rotatable bonds is 4. The van der Waals surface area contributed by atoms with Crippen LogP contribution < -0.4 is 5.32 Å². The van der Waals surface area contributed by atoms with Crippen molar-refractivity contribution < 1.29 is 18.0 Å². The van der Waals surface area contributed by atoms with Gasteiger partial charge in [-0.05, 0) is 0 Å². The summed E-state index contributed by atoms with van der Waals surface area (Å²) in [4.78, 5) is 15.6. The monoisotopic (exact) mass is 294 g/mol. The highest BCUT2D eigenvalue weighted by Gasteiger charge is 2.27. The minimum Gasteiger partial charge on any atom is -0.350 e. The van der Waals surface area contributed by atoms with Gasteiger partial charge in [0.15, 0.2) is 0 Å². The number of nitrogens with one attached hydrogen (secondary N) is 1. The number of hydrogen-bond acceptors (Lipinski definition) is 3. The summed E-state index contributed by atoms with van der Waals surface area (Å²) >= 11 is 1.39. The number of carbonyl (C=O) groups excluding carboxylic acids is 1. The fourth-order valence-corrected chi connectivity index (χ4v) is 2.21. The average Bonchev–Trinajstić information content (AvgIpc) is 2.70. The Morgan fingerprint density at radius 1 is 1.37 bits per heavy atom. The smallest absolute Gasteiger partial charge is 0.350 e. The topological polar surface area (TPSA) is 42.0 Å².